The van der Waals surface area contributed by atoms with Gasteiger partial charge in [0.05, 0.1) is 13.2 Å². The molecule has 0 bridgehead atoms. The molecule has 2 aromatic rings. The van der Waals surface area contributed by atoms with Crippen LogP contribution in [0, 0.1) is 0 Å². The molecular formula is C20H24N2O4. The molecule has 2 amide bonds. The first-order valence-corrected chi connectivity index (χ1v) is 8.56. The standard InChI is InChI=1S/C20H24N2O4/c23-19(24)7-4-12-21-20(25)22-13-16-8-10-18(11-9-16)15-26-14-17-5-2-1-3-6-17/h1-3,5-6,8-11H,4,7,12-15H2,(H,23,24)(H2,21,22,25). The Morgan fingerprint density at radius 3 is 2.12 bits per heavy atom. The van der Waals surface area contributed by atoms with Crippen molar-refractivity contribution < 1.29 is 19.4 Å². The Kier molecular flexibility index (Phi) is 8.15. The fraction of sp³-hybridized carbons (Fsp3) is 0.300. The average molecular weight is 356 g/mol. The lowest BCUT2D eigenvalue weighted by atomic mass is 10.1. The zero-order chi connectivity index (χ0) is 18.6. The summed E-state index contributed by atoms with van der Waals surface area (Å²) in [5, 5.41) is 13.9. The second kappa shape index (κ2) is 10.9. The maximum absolute atomic E-state index is 11.6. The summed E-state index contributed by atoms with van der Waals surface area (Å²) in [6.45, 7) is 1.87. The van der Waals surface area contributed by atoms with Gasteiger partial charge < -0.3 is 20.5 Å². The van der Waals surface area contributed by atoms with Crippen LogP contribution >= 0.6 is 0 Å². The molecule has 0 aliphatic heterocycles. The van der Waals surface area contributed by atoms with Crippen LogP contribution in [0.5, 0.6) is 0 Å². The van der Waals surface area contributed by atoms with E-state index in [4.69, 9.17) is 9.84 Å². The summed E-state index contributed by atoms with van der Waals surface area (Å²) >= 11 is 0. The second-order valence-corrected chi connectivity index (χ2v) is 5.90. The number of hydrogen-bond donors (Lipinski definition) is 3. The number of urea groups is 1. The van der Waals surface area contributed by atoms with Gasteiger partial charge in [-0.05, 0) is 23.1 Å². The van der Waals surface area contributed by atoms with Crippen LogP contribution in [0.4, 0.5) is 4.79 Å². The summed E-state index contributed by atoms with van der Waals surface area (Å²) < 4.78 is 5.69. The van der Waals surface area contributed by atoms with Gasteiger partial charge in [0.15, 0.2) is 0 Å². The van der Waals surface area contributed by atoms with Gasteiger partial charge >= 0.3 is 12.0 Å². The molecule has 2 aromatic carbocycles. The molecule has 0 aromatic heterocycles. The molecule has 6 nitrogen and oxygen atoms in total. The smallest absolute Gasteiger partial charge is 0.315 e. The van der Waals surface area contributed by atoms with Gasteiger partial charge in [0.25, 0.3) is 0 Å². The number of carboxylic acid groups (broad SMARTS) is 1. The van der Waals surface area contributed by atoms with Crippen LogP contribution in [0.25, 0.3) is 0 Å². The van der Waals surface area contributed by atoms with E-state index in [2.05, 4.69) is 10.6 Å². The highest BCUT2D eigenvalue weighted by Gasteiger charge is 2.02. The molecule has 0 unspecified atom stereocenters. The van der Waals surface area contributed by atoms with E-state index in [1.165, 1.54) is 0 Å². The van der Waals surface area contributed by atoms with Crippen LogP contribution in [-0.2, 0) is 29.3 Å². The van der Waals surface area contributed by atoms with E-state index in [0.29, 0.717) is 32.7 Å². The average Bonchev–Trinajstić information content (AvgIpc) is 2.65. The van der Waals surface area contributed by atoms with Crippen molar-refractivity contribution in [1.82, 2.24) is 10.6 Å². The van der Waals surface area contributed by atoms with Crippen molar-refractivity contribution in [2.45, 2.75) is 32.6 Å². The largest absolute Gasteiger partial charge is 0.481 e. The maximum atomic E-state index is 11.6. The maximum Gasteiger partial charge on any atom is 0.315 e. The lowest BCUT2D eigenvalue weighted by molar-refractivity contribution is -0.137. The number of carbonyl (C=O) groups is 2. The molecular weight excluding hydrogens is 332 g/mol. The Hall–Kier alpha value is -2.86. The Balaban J connectivity index is 1.63. The number of amides is 2. The van der Waals surface area contributed by atoms with E-state index in [0.717, 1.165) is 16.7 Å². The van der Waals surface area contributed by atoms with Gasteiger partial charge in [-0.15, -0.1) is 0 Å². The number of ether oxygens (including phenoxy) is 1. The number of benzene rings is 2. The molecule has 0 aliphatic rings. The molecule has 0 spiro atoms. The molecule has 6 heteroatoms. The molecule has 0 saturated carbocycles. The molecule has 2 rings (SSSR count). The summed E-state index contributed by atoms with van der Waals surface area (Å²) in [5.41, 5.74) is 3.20. The van der Waals surface area contributed by atoms with E-state index in [9.17, 15) is 9.59 Å². The molecule has 0 aliphatic carbocycles. The SMILES string of the molecule is O=C(O)CCCNC(=O)NCc1ccc(COCc2ccccc2)cc1. The van der Waals surface area contributed by atoms with Crippen LogP contribution in [0.2, 0.25) is 0 Å². The van der Waals surface area contributed by atoms with E-state index >= 15 is 0 Å². The van der Waals surface area contributed by atoms with Crippen molar-refractivity contribution in [2.75, 3.05) is 6.54 Å². The molecule has 138 valence electrons. The fourth-order valence-corrected chi connectivity index (χ4v) is 2.30. The first-order valence-electron chi connectivity index (χ1n) is 8.56. The van der Waals surface area contributed by atoms with E-state index in [1.54, 1.807) is 0 Å². The van der Waals surface area contributed by atoms with Crippen molar-refractivity contribution >= 4 is 12.0 Å². The van der Waals surface area contributed by atoms with Crippen LogP contribution in [0.15, 0.2) is 54.6 Å². The van der Waals surface area contributed by atoms with Crippen molar-refractivity contribution in [3.63, 3.8) is 0 Å². The van der Waals surface area contributed by atoms with Gasteiger partial charge in [-0.25, -0.2) is 4.79 Å². The third-order valence-corrected chi connectivity index (χ3v) is 3.71. The minimum absolute atomic E-state index is 0.0497. The van der Waals surface area contributed by atoms with Crippen molar-refractivity contribution in [3.8, 4) is 0 Å². The fourth-order valence-electron chi connectivity index (χ4n) is 2.30. The van der Waals surface area contributed by atoms with Gasteiger partial charge in [-0.2, -0.15) is 0 Å². The van der Waals surface area contributed by atoms with Crippen molar-refractivity contribution in [1.29, 1.82) is 0 Å². The van der Waals surface area contributed by atoms with E-state index in [-0.39, 0.29) is 12.5 Å². The van der Waals surface area contributed by atoms with Crippen LogP contribution in [-0.4, -0.2) is 23.7 Å². The number of hydrogen-bond acceptors (Lipinski definition) is 3. The predicted molar refractivity (Wildman–Crippen MR) is 98.5 cm³/mol. The highest BCUT2D eigenvalue weighted by atomic mass is 16.5. The third kappa shape index (κ3) is 7.81. The predicted octanol–water partition coefficient (Wildman–Crippen LogP) is 3.07. The van der Waals surface area contributed by atoms with Crippen LogP contribution < -0.4 is 10.6 Å². The Morgan fingerprint density at radius 2 is 1.46 bits per heavy atom. The van der Waals surface area contributed by atoms with Gasteiger partial charge in [-0.3, -0.25) is 4.79 Å². The van der Waals surface area contributed by atoms with Crippen molar-refractivity contribution in [2.24, 2.45) is 0 Å². The Morgan fingerprint density at radius 1 is 0.846 bits per heavy atom. The molecule has 0 atom stereocenters. The summed E-state index contributed by atoms with van der Waals surface area (Å²) in [4.78, 5) is 22.0. The second-order valence-electron chi connectivity index (χ2n) is 5.90. The first-order chi connectivity index (χ1) is 12.6. The number of carboxylic acids is 1. The zero-order valence-corrected chi connectivity index (χ0v) is 14.6. The third-order valence-electron chi connectivity index (χ3n) is 3.71. The highest BCUT2D eigenvalue weighted by Crippen LogP contribution is 2.08. The van der Waals surface area contributed by atoms with E-state index in [1.807, 2.05) is 54.6 Å². The number of nitrogens with one attached hydrogen (secondary N) is 2. The molecule has 0 heterocycles. The quantitative estimate of drug-likeness (QED) is 0.571. The summed E-state index contributed by atoms with van der Waals surface area (Å²) in [7, 11) is 0. The molecule has 0 radical (unpaired) electrons. The summed E-state index contributed by atoms with van der Waals surface area (Å²) in [6.07, 6.45) is 0.467. The molecule has 3 N–H and O–H groups in total. The van der Waals surface area contributed by atoms with Crippen LogP contribution in [0.1, 0.15) is 29.5 Å². The summed E-state index contributed by atoms with van der Waals surface area (Å²) in [5.74, 6) is -0.861. The Bertz CT molecular complexity index is 687. The number of carbonyl (C=O) groups excluding carboxylic acids is 1. The lowest BCUT2D eigenvalue weighted by Crippen LogP contribution is -2.35. The van der Waals surface area contributed by atoms with Gasteiger partial charge in [0, 0.05) is 19.5 Å². The number of aliphatic carboxylic acids is 1. The van der Waals surface area contributed by atoms with Gasteiger partial charge in [0.1, 0.15) is 0 Å². The van der Waals surface area contributed by atoms with Crippen LogP contribution in [0.3, 0.4) is 0 Å². The van der Waals surface area contributed by atoms with Crippen molar-refractivity contribution in [3.05, 3.63) is 71.3 Å². The molecule has 0 fully saturated rings. The minimum Gasteiger partial charge on any atom is -0.481 e. The zero-order valence-electron chi connectivity index (χ0n) is 14.6. The van der Waals surface area contributed by atoms with Gasteiger partial charge in [0.2, 0.25) is 0 Å². The minimum atomic E-state index is -0.861. The topological polar surface area (TPSA) is 87.7 Å². The highest BCUT2D eigenvalue weighted by molar-refractivity contribution is 5.73. The summed E-state index contributed by atoms with van der Waals surface area (Å²) in [6, 6.07) is 17.6. The Labute approximate surface area is 153 Å². The van der Waals surface area contributed by atoms with E-state index < -0.39 is 5.97 Å². The lowest BCUT2D eigenvalue weighted by Gasteiger charge is -2.08. The first kappa shape index (κ1) is 19.5. The number of rotatable bonds is 10. The van der Waals surface area contributed by atoms with Gasteiger partial charge in [-0.1, -0.05) is 54.6 Å². The monoisotopic (exact) mass is 356 g/mol. The molecule has 0 saturated heterocycles. The molecule has 26 heavy (non-hydrogen) atoms. The normalized spacial score (nSPS) is 10.3.